The molecule has 3 unspecified atom stereocenters. The van der Waals surface area contributed by atoms with Crippen LogP contribution in [-0.2, 0) is 0 Å². The number of hydrogen-bond acceptors (Lipinski definition) is 2. The zero-order valence-corrected chi connectivity index (χ0v) is 12.8. The van der Waals surface area contributed by atoms with E-state index in [0.29, 0.717) is 6.04 Å². The molecule has 1 aliphatic carbocycles. The first-order valence-electron chi connectivity index (χ1n) is 8.08. The summed E-state index contributed by atoms with van der Waals surface area (Å²) in [6, 6.07) is 10.8. The molecule has 1 saturated carbocycles. The third kappa shape index (κ3) is 3.18. The summed E-state index contributed by atoms with van der Waals surface area (Å²) in [4.78, 5) is 4.38. The molecule has 3 atom stereocenters. The van der Waals surface area contributed by atoms with Gasteiger partial charge in [-0.15, -0.1) is 0 Å². The largest absolute Gasteiger partial charge is 0.330 e. The zero-order valence-electron chi connectivity index (χ0n) is 12.8. The normalized spacial score (nSPS) is 24.5. The Labute approximate surface area is 127 Å². The topological polar surface area (TPSA) is 43.8 Å². The van der Waals surface area contributed by atoms with Gasteiger partial charge < -0.3 is 10.3 Å². The fourth-order valence-corrected chi connectivity index (χ4v) is 3.44. The van der Waals surface area contributed by atoms with Gasteiger partial charge in [0, 0.05) is 6.04 Å². The molecule has 0 aliphatic heterocycles. The third-order valence-electron chi connectivity index (χ3n) is 4.79. The molecule has 3 rings (SSSR count). The maximum atomic E-state index is 6.47. The van der Waals surface area contributed by atoms with Gasteiger partial charge in [-0.1, -0.05) is 50.1 Å². The van der Waals surface area contributed by atoms with Crippen LogP contribution in [0.2, 0.25) is 0 Å². The van der Waals surface area contributed by atoms with E-state index >= 15 is 0 Å². The van der Waals surface area contributed by atoms with Crippen molar-refractivity contribution in [2.75, 3.05) is 0 Å². The minimum absolute atomic E-state index is 0.0885. The third-order valence-corrected chi connectivity index (χ3v) is 4.79. The summed E-state index contributed by atoms with van der Waals surface area (Å²) in [5.74, 6) is 0.852. The van der Waals surface area contributed by atoms with Crippen molar-refractivity contribution in [2.24, 2.45) is 11.7 Å². The number of rotatable bonds is 3. The van der Waals surface area contributed by atoms with Gasteiger partial charge in [0.1, 0.15) is 0 Å². The molecule has 112 valence electrons. The van der Waals surface area contributed by atoms with E-state index in [1.807, 2.05) is 30.7 Å². The molecule has 1 fully saturated rings. The Morgan fingerprint density at radius 1 is 1.14 bits per heavy atom. The van der Waals surface area contributed by atoms with Crippen LogP contribution >= 0.6 is 0 Å². The van der Waals surface area contributed by atoms with E-state index in [1.165, 1.54) is 32.1 Å². The van der Waals surface area contributed by atoms with Gasteiger partial charge in [0.05, 0.1) is 24.3 Å². The van der Waals surface area contributed by atoms with Gasteiger partial charge in [-0.25, -0.2) is 4.98 Å². The molecule has 3 nitrogen and oxygen atoms in total. The van der Waals surface area contributed by atoms with Crippen molar-refractivity contribution < 1.29 is 0 Å². The standard InChI is InChI=1S/C18H25N3/c1-14-6-5-9-16(11-10-14)21-13-20-12-17(21)18(19)15-7-3-2-4-8-15/h2-4,7-8,12-14,16,18H,5-6,9-11,19H2,1H3. The van der Waals surface area contributed by atoms with Crippen LogP contribution in [0.1, 0.15) is 62.4 Å². The van der Waals surface area contributed by atoms with Crippen molar-refractivity contribution in [3.63, 3.8) is 0 Å². The number of aromatic nitrogens is 2. The lowest BCUT2D eigenvalue weighted by atomic mass is 10.0. The van der Waals surface area contributed by atoms with Crippen molar-refractivity contribution >= 4 is 0 Å². The lowest BCUT2D eigenvalue weighted by molar-refractivity contribution is 0.418. The minimum atomic E-state index is -0.0885. The fraction of sp³-hybridized carbons (Fsp3) is 0.500. The summed E-state index contributed by atoms with van der Waals surface area (Å²) >= 11 is 0. The van der Waals surface area contributed by atoms with E-state index in [4.69, 9.17) is 5.73 Å². The van der Waals surface area contributed by atoms with Crippen LogP contribution in [0.25, 0.3) is 0 Å². The molecule has 2 N–H and O–H groups in total. The Kier molecular flexibility index (Phi) is 4.39. The number of nitrogens with zero attached hydrogens (tertiary/aromatic N) is 2. The van der Waals surface area contributed by atoms with E-state index in [9.17, 15) is 0 Å². The zero-order chi connectivity index (χ0) is 14.7. The summed E-state index contributed by atoms with van der Waals surface area (Å²) in [6.45, 7) is 2.37. The molecule has 1 aromatic heterocycles. The molecule has 0 spiro atoms. The van der Waals surface area contributed by atoms with Gasteiger partial charge in [0.15, 0.2) is 0 Å². The molecule has 2 aromatic rings. The van der Waals surface area contributed by atoms with Crippen LogP contribution in [0, 0.1) is 5.92 Å². The second-order valence-corrected chi connectivity index (χ2v) is 6.38. The van der Waals surface area contributed by atoms with Crippen LogP contribution in [0.3, 0.4) is 0 Å². The van der Waals surface area contributed by atoms with E-state index in [0.717, 1.165) is 17.2 Å². The fourth-order valence-electron chi connectivity index (χ4n) is 3.44. The number of imidazole rings is 1. The minimum Gasteiger partial charge on any atom is -0.330 e. The van der Waals surface area contributed by atoms with E-state index < -0.39 is 0 Å². The molecule has 0 radical (unpaired) electrons. The van der Waals surface area contributed by atoms with Crippen LogP contribution in [0.4, 0.5) is 0 Å². The quantitative estimate of drug-likeness (QED) is 0.863. The van der Waals surface area contributed by atoms with Crippen molar-refractivity contribution in [3.05, 3.63) is 54.1 Å². The average molecular weight is 283 g/mol. The maximum absolute atomic E-state index is 6.47. The van der Waals surface area contributed by atoms with Crippen molar-refractivity contribution in [2.45, 2.75) is 51.1 Å². The predicted molar refractivity (Wildman–Crippen MR) is 86.0 cm³/mol. The summed E-state index contributed by atoms with van der Waals surface area (Å²) < 4.78 is 2.33. The molecule has 1 heterocycles. The average Bonchev–Trinajstić information content (AvgIpc) is 2.90. The first kappa shape index (κ1) is 14.3. The molecule has 1 aliphatic rings. The molecule has 0 amide bonds. The van der Waals surface area contributed by atoms with Gasteiger partial charge in [0.25, 0.3) is 0 Å². The molecular weight excluding hydrogens is 258 g/mol. The first-order chi connectivity index (χ1) is 10.3. The highest BCUT2D eigenvalue weighted by molar-refractivity contribution is 5.26. The Hall–Kier alpha value is -1.61. The van der Waals surface area contributed by atoms with Crippen LogP contribution in [0.15, 0.2) is 42.9 Å². The van der Waals surface area contributed by atoms with Gasteiger partial charge in [-0.3, -0.25) is 0 Å². The molecular formula is C18H25N3. The highest BCUT2D eigenvalue weighted by Crippen LogP contribution is 2.32. The second-order valence-electron chi connectivity index (χ2n) is 6.38. The maximum Gasteiger partial charge on any atom is 0.0951 e. The van der Waals surface area contributed by atoms with Gasteiger partial charge in [-0.05, 0) is 30.7 Å². The smallest absolute Gasteiger partial charge is 0.0951 e. The molecule has 1 aromatic carbocycles. The van der Waals surface area contributed by atoms with Crippen molar-refractivity contribution in [1.29, 1.82) is 0 Å². The highest BCUT2D eigenvalue weighted by Gasteiger charge is 2.22. The SMILES string of the molecule is CC1CCCC(n2cncc2C(N)c2ccccc2)CC1. The Bertz CT molecular complexity index is 561. The Morgan fingerprint density at radius 2 is 1.95 bits per heavy atom. The van der Waals surface area contributed by atoms with Crippen LogP contribution in [0.5, 0.6) is 0 Å². The second kappa shape index (κ2) is 6.44. The monoisotopic (exact) mass is 283 g/mol. The number of benzene rings is 1. The van der Waals surface area contributed by atoms with Gasteiger partial charge >= 0.3 is 0 Å². The van der Waals surface area contributed by atoms with E-state index in [2.05, 4.69) is 28.6 Å². The molecule has 3 heteroatoms. The molecule has 0 saturated heterocycles. The number of hydrogen-bond donors (Lipinski definition) is 1. The predicted octanol–water partition coefficient (Wildman–Crippen LogP) is 4.07. The highest BCUT2D eigenvalue weighted by atomic mass is 15.1. The van der Waals surface area contributed by atoms with E-state index in [1.54, 1.807) is 0 Å². The number of nitrogens with two attached hydrogens (primary N) is 1. The summed E-state index contributed by atoms with van der Waals surface area (Å²) in [5, 5.41) is 0. The van der Waals surface area contributed by atoms with Gasteiger partial charge in [-0.2, -0.15) is 0 Å². The van der Waals surface area contributed by atoms with E-state index in [-0.39, 0.29) is 6.04 Å². The van der Waals surface area contributed by atoms with Crippen LogP contribution < -0.4 is 5.73 Å². The Morgan fingerprint density at radius 3 is 2.76 bits per heavy atom. The molecule has 0 bridgehead atoms. The van der Waals surface area contributed by atoms with Crippen LogP contribution in [-0.4, -0.2) is 9.55 Å². The first-order valence-corrected chi connectivity index (χ1v) is 8.08. The lowest BCUT2D eigenvalue weighted by Crippen LogP contribution is -2.19. The molecule has 21 heavy (non-hydrogen) atoms. The summed E-state index contributed by atoms with van der Waals surface area (Å²) in [5.41, 5.74) is 8.77. The Balaban J connectivity index is 1.83. The summed E-state index contributed by atoms with van der Waals surface area (Å²) in [7, 11) is 0. The van der Waals surface area contributed by atoms with Crippen molar-refractivity contribution in [1.82, 2.24) is 9.55 Å². The lowest BCUT2D eigenvalue weighted by Gasteiger charge is -2.22. The summed E-state index contributed by atoms with van der Waals surface area (Å²) in [6.07, 6.45) is 10.4. The van der Waals surface area contributed by atoms with Gasteiger partial charge in [0.2, 0.25) is 0 Å². The van der Waals surface area contributed by atoms with Crippen molar-refractivity contribution in [3.8, 4) is 0 Å².